The largest absolute Gasteiger partial charge is 0.326 e. The van der Waals surface area contributed by atoms with Gasteiger partial charge in [0.15, 0.2) is 0 Å². The van der Waals surface area contributed by atoms with Crippen LogP contribution in [0.4, 0.5) is 0 Å². The number of likely N-dealkylation sites (tertiary alicyclic amines) is 1. The fourth-order valence-corrected chi connectivity index (χ4v) is 6.96. The fraction of sp³-hybridized carbons (Fsp3) is 1.00. The van der Waals surface area contributed by atoms with Crippen molar-refractivity contribution in [3.63, 3.8) is 0 Å². The van der Waals surface area contributed by atoms with Crippen molar-refractivity contribution in [2.24, 2.45) is 22.5 Å². The first kappa shape index (κ1) is 11.7. The lowest BCUT2D eigenvalue weighted by Gasteiger charge is -2.67. The SMILES string of the molecule is CC12CC3CC(C)(C1)CC(N1CCC(N)C1)(C3)C2. The highest BCUT2D eigenvalue weighted by atomic mass is 15.2. The Morgan fingerprint density at radius 2 is 1.67 bits per heavy atom. The van der Waals surface area contributed by atoms with Crippen molar-refractivity contribution in [3.8, 4) is 0 Å². The number of nitrogens with two attached hydrogens (primary N) is 1. The van der Waals surface area contributed by atoms with Crippen LogP contribution in [0.2, 0.25) is 0 Å². The summed E-state index contributed by atoms with van der Waals surface area (Å²) in [5.74, 6) is 1.01. The third-order valence-electron chi connectivity index (χ3n) is 6.49. The van der Waals surface area contributed by atoms with Gasteiger partial charge in [-0.3, -0.25) is 4.90 Å². The van der Waals surface area contributed by atoms with E-state index in [1.165, 1.54) is 58.0 Å². The maximum absolute atomic E-state index is 6.17. The average molecular weight is 248 g/mol. The molecule has 0 aromatic heterocycles. The third-order valence-corrected chi connectivity index (χ3v) is 6.49. The molecular weight excluding hydrogens is 220 g/mol. The summed E-state index contributed by atoms with van der Waals surface area (Å²) in [5, 5.41) is 0. The number of hydrogen-bond donors (Lipinski definition) is 1. The van der Waals surface area contributed by atoms with Crippen molar-refractivity contribution in [1.82, 2.24) is 4.90 Å². The van der Waals surface area contributed by atoms with E-state index in [-0.39, 0.29) is 0 Å². The first-order valence-electron chi connectivity index (χ1n) is 7.91. The lowest BCUT2D eigenvalue weighted by molar-refractivity contribution is -0.157. The molecule has 0 spiro atoms. The van der Waals surface area contributed by atoms with Crippen LogP contribution < -0.4 is 5.73 Å². The van der Waals surface area contributed by atoms with Gasteiger partial charge in [0.2, 0.25) is 0 Å². The molecule has 102 valence electrons. The molecule has 3 unspecified atom stereocenters. The van der Waals surface area contributed by atoms with E-state index in [4.69, 9.17) is 5.73 Å². The Labute approximate surface area is 111 Å². The molecule has 1 aliphatic heterocycles. The zero-order valence-corrected chi connectivity index (χ0v) is 12.0. The van der Waals surface area contributed by atoms with Crippen molar-refractivity contribution in [1.29, 1.82) is 0 Å². The summed E-state index contributed by atoms with van der Waals surface area (Å²) in [4.78, 5) is 2.80. The molecule has 1 saturated heterocycles. The van der Waals surface area contributed by atoms with Crippen LogP contribution in [0.1, 0.15) is 58.8 Å². The minimum absolute atomic E-state index is 0.443. The normalized spacial score (nSPS) is 59.5. The topological polar surface area (TPSA) is 29.3 Å². The van der Waals surface area contributed by atoms with Crippen molar-refractivity contribution >= 4 is 0 Å². The summed E-state index contributed by atoms with van der Waals surface area (Å²) in [6.07, 6.45) is 10.1. The monoisotopic (exact) mass is 248 g/mol. The second-order valence-electron chi connectivity index (χ2n) is 8.85. The minimum Gasteiger partial charge on any atom is -0.326 e. The predicted molar refractivity (Wildman–Crippen MR) is 74.3 cm³/mol. The summed E-state index contributed by atoms with van der Waals surface area (Å²) in [6, 6.07) is 0.443. The highest BCUT2D eigenvalue weighted by Gasteiger charge is 2.62. The molecule has 0 amide bonds. The van der Waals surface area contributed by atoms with E-state index < -0.39 is 0 Å². The van der Waals surface area contributed by atoms with Gasteiger partial charge in [0, 0.05) is 24.7 Å². The van der Waals surface area contributed by atoms with Gasteiger partial charge in [-0.05, 0) is 61.7 Å². The van der Waals surface area contributed by atoms with E-state index in [0.717, 1.165) is 5.92 Å². The van der Waals surface area contributed by atoms with Crippen molar-refractivity contribution in [2.45, 2.75) is 70.4 Å². The molecule has 0 aromatic carbocycles. The molecule has 0 aromatic rings. The van der Waals surface area contributed by atoms with E-state index in [1.54, 1.807) is 0 Å². The van der Waals surface area contributed by atoms with Crippen molar-refractivity contribution in [3.05, 3.63) is 0 Å². The molecule has 5 aliphatic rings. The molecule has 2 heteroatoms. The average Bonchev–Trinajstić information content (AvgIpc) is 2.59. The highest BCUT2D eigenvalue weighted by Crippen LogP contribution is 2.67. The molecule has 0 radical (unpaired) electrons. The summed E-state index contributed by atoms with van der Waals surface area (Å²) in [6.45, 7) is 7.57. The lowest BCUT2D eigenvalue weighted by atomic mass is 9.42. The summed E-state index contributed by atoms with van der Waals surface area (Å²) in [7, 11) is 0. The van der Waals surface area contributed by atoms with Crippen molar-refractivity contribution < 1.29 is 0 Å². The highest BCUT2D eigenvalue weighted by molar-refractivity contribution is 5.15. The van der Waals surface area contributed by atoms with Gasteiger partial charge >= 0.3 is 0 Å². The van der Waals surface area contributed by atoms with Gasteiger partial charge in [-0.1, -0.05) is 13.8 Å². The van der Waals surface area contributed by atoms with Gasteiger partial charge in [0.05, 0.1) is 0 Å². The standard InChI is InChI=1S/C16H28N2/c1-14-5-12-6-15(2,9-14)11-16(7-12,10-14)18-4-3-13(17)8-18/h12-13H,3-11,17H2,1-2H3. The van der Waals surface area contributed by atoms with Gasteiger partial charge in [0.25, 0.3) is 0 Å². The van der Waals surface area contributed by atoms with Crippen LogP contribution in [-0.2, 0) is 0 Å². The second-order valence-corrected chi connectivity index (χ2v) is 8.85. The van der Waals surface area contributed by atoms with E-state index in [0.29, 0.717) is 22.4 Å². The molecule has 1 heterocycles. The smallest absolute Gasteiger partial charge is 0.0223 e. The predicted octanol–water partition coefficient (Wildman–Crippen LogP) is 2.77. The number of nitrogens with zero attached hydrogens (tertiary/aromatic N) is 1. The molecule has 18 heavy (non-hydrogen) atoms. The van der Waals surface area contributed by atoms with E-state index in [9.17, 15) is 0 Å². The van der Waals surface area contributed by atoms with E-state index in [2.05, 4.69) is 18.7 Å². The van der Waals surface area contributed by atoms with Gasteiger partial charge in [-0.15, -0.1) is 0 Å². The van der Waals surface area contributed by atoms with Crippen LogP contribution in [0, 0.1) is 16.7 Å². The van der Waals surface area contributed by atoms with Crippen LogP contribution in [0.3, 0.4) is 0 Å². The Bertz CT molecular complexity index is 359. The van der Waals surface area contributed by atoms with E-state index >= 15 is 0 Å². The van der Waals surface area contributed by atoms with E-state index in [1.807, 2.05) is 0 Å². The fourth-order valence-electron chi connectivity index (χ4n) is 6.96. The third kappa shape index (κ3) is 1.54. The Balaban J connectivity index is 1.69. The van der Waals surface area contributed by atoms with Crippen LogP contribution in [-0.4, -0.2) is 29.6 Å². The number of rotatable bonds is 1. The summed E-state index contributed by atoms with van der Waals surface area (Å²) < 4.78 is 0. The van der Waals surface area contributed by atoms with Gasteiger partial charge < -0.3 is 5.73 Å². The van der Waals surface area contributed by atoms with Crippen molar-refractivity contribution in [2.75, 3.05) is 13.1 Å². The quantitative estimate of drug-likeness (QED) is 0.773. The van der Waals surface area contributed by atoms with Crippen LogP contribution in [0.25, 0.3) is 0 Å². The van der Waals surface area contributed by atoms with Crippen LogP contribution in [0.5, 0.6) is 0 Å². The zero-order valence-electron chi connectivity index (χ0n) is 12.0. The second kappa shape index (κ2) is 3.32. The molecule has 2 N–H and O–H groups in total. The first-order valence-corrected chi connectivity index (χ1v) is 7.91. The minimum atomic E-state index is 0.443. The molecular formula is C16H28N2. The molecule has 5 rings (SSSR count). The zero-order chi connectivity index (χ0) is 12.6. The van der Waals surface area contributed by atoms with Crippen LogP contribution in [0.15, 0.2) is 0 Å². The maximum Gasteiger partial charge on any atom is 0.0223 e. The molecule has 4 saturated carbocycles. The Morgan fingerprint density at radius 1 is 1.00 bits per heavy atom. The summed E-state index contributed by atoms with van der Waals surface area (Å²) >= 11 is 0. The molecule has 2 nitrogen and oxygen atoms in total. The summed E-state index contributed by atoms with van der Waals surface area (Å²) in [5.41, 5.74) is 7.99. The molecule has 3 atom stereocenters. The van der Waals surface area contributed by atoms with Crippen LogP contribution >= 0.6 is 0 Å². The Hall–Kier alpha value is -0.0800. The van der Waals surface area contributed by atoms with Gasteiger partial charge in [-0.2, -0.15) is 0 Å². The van der Waals surface area contributed by atoms with Gasteiger partial charge in [0.1, 0.15) is 0 Å². The first-order chi connectivity index (χ1) is 8.41. The maximum atomic E-state index is 6.17. The Morgan fingerprint density at radius 3 is 2.17 bits per heavy atom. The number of hydrogen-bond acceptors (Lipinski definition) is 2. The van der Waals surface area contributed by atoms with Gasteiger partial charge in [-0.25, -0.2) is 0 Å². The molecule has 4 aliphatic carbocycles. The molecule has 4 bridgehead atoms. The lowest BCUT2D eigenvalue weighted by Crippen LogP contribution is -2.64. The Kier molecular flexibility index (Phi) is 2.16. The molecule has 5 fully saturated rings.